The van der Waals surface area contributed by atoms with Crippen LogP contribution in [0.4, 0.5) is 39.5 Å². The number of aliphatic hydroxyl groups excluding tert-OH is 1. The maximum atomic E-state index is 14.6. The lowest BCUT2D eigenvalue weighted by Gasteiger charge is -2.32. The number of unbranched alkanes of at least 4 members (excludes halogenated alkanes) is 1. The zero-order valence-electron chi connectivity index (χ0n) is 14.5. The van der Waals surface area contributed by atoms with Gasteiger partial charge in [0.2, 0.25) is 0 Å². The summed E-state index contributed by atoms with van der Waals surface area (Å²) in [5, 5.41) is 10.0. The van der Waals surface area contributed by atoms with E-state index in [9.17, 15) is 44.6 Å². The molecule has 1 aromatic carbocycles. The standard InChI is InChI=1S/C17H17F9O2/c1-2-3-8-28-12-7-5-4-6-10(12)11(27)9-13(18)14(19,20)16(23,24)17(25,26)15(13,21)22/h4-7,11,27H,2-3,8-9H2,1H3. The lowest BCUT2D eigenvalue weighted by molar-refractivity contribution is -0.303. The van der Waals surface area contributed by atoms with Crippen molar-refractivity contribution in [3.8, 4) is 5.75 Å². The minimum atomic E-state index is -6.66. The molecule has 0 radical (unpaired) electrons. The molecule has 0 aliphatic heterocycles. The van der Waals surface area contributed by atoms with Gasteiger partial charge in [-0.2, -0.15) is 35.1 Å². The predicted molar refractivity (Wildman–Crippen MR) is 80.0 cm³/mol. The molecule has 1 atom stereocenters. The molecule has 1 aliphatic carbocycles. The zero-order valence-corrected chi connectivity index (χ0v) is 14.5. The molecule has 0 heterocycles. The molecule has 2 nitrogen and oxygen atoms in total. The molecule has 1 aliphatic rings. The fourth-order valence-electron chi connectivity index (χ4n) is 2.94. The minimum Gasteiger partial charge on any atom is -0.493 e. The van der Waals surface area contributed by atoms with Gasteiger partial charge in [0.1, 0.15) is 5.75 Å². The average Bonchev–Trinajstić information content (AvgIpc) is 2.65. The molecule has 0 amide bonds. The fraction of sp³-hybridized carbons (Fsp3) is 0.647. The number of aliphatic hydroxyl groups is 1. The maximum absolute atomic E-state index is 14.6. The van der Waals surface area contributed by atoms with Crippen molar-refractivity contribution in [3.05, 3.63) is 29.8 Å². The molecule has 1 saturated carbocycles. The quantitative estimate of drug-likeness (QED) is 0.459. The van der Waals surface area contributed by atoms with Crippen molar-refractivity contribution in [1.29, 1.82) is 0 Å². The molecule has 2 rings (SSSR count). The van der Waals surface area contributed by atoms with E-state index >= 15 is 0 Å². The number of para-hydroxylation sites is 1. The first-order chi connectivity index (χ1) is 12.7. The molecule has 1 fully saturated rings. The highest BCUT2D eigenvalue weighted by atomic mass is 19.4. The highest BCUT2D eigenvalue weighted by Gasteiger charge is 3.00. The summed E-state index contributed by atoms with van der Waals surface area (Å²) in [5.41, 5.74) is -6.18. The summed E-state index contributed by atoms with van der Waals surface area (Å²) in [4.78, 5) is 0. The van der Waals surface area contributed by atoms with Crippen molar-refractivity contribution in [2.24, 2.45) is 0 Å². The van der Waals surface area contributed by atoms with Crippen molar-refractivity contribution < 1.29 is 49.4 Å². The number of benzene rings is 1. The van der Waals surface area contributed by atoms with Gasteiger partial charge in [0.15, 0.2) is 0 Å². The molecular formula is C17H17F9O2. The van der Waals surface area contributed by atoms with Crippen LogP contribution in [-0.4, -0.2) is 41.1 Å². The zero-order chi connectivity index (χ0) is 21.6. The van der Waals surface area contributed by atoms with E-state index in [1.165, 1.54) is 18.2 Å². The van der Waals surface area contributed by atoms with Crippen LogP contribution in [0.25, 0.3) is 0 Å². The van der Waals surface area contributed by atoms with E-state index in [0.717, 1.165) is 6.07 Å². The summed E-state index contributed by atoms with van der Waals surface area (Å²) in [6.07, 6.45) is -3.73. The number of ether oxygens (including phenoxy) is 1. The highest BCUT2D eigenvalue weighted by Crippen LogP contribution is 2.70. The van der Waals surface area contributed by atoms with Gasteiger partial charge in [0.25, 0.3) is 5.67 Å². The van der Waals surface area contributed by atoms with E-state index in [2.05, 4.69) is 0 Å². The van der Waals surface area contributed by atoms with Crippen molar-refractivity contribution in [1.82, 2.24) is 0 Å². The Morgan fingerprint density at radius 3 is 1.86 bits per heavy atom. The lowest BCUT2D eigenvalue weighted by atomic mass is 9.87. The molecule has 11 heteroatoms. The first-order valence-electron chi connectivity index (χ1n) is 8.29. The number of hydrogen-bond donors (Lipinski definition) is 1. The first-order valence-corrected chi connectivity index (χ1v) is 8.29. The molecule has 1 N–H and O–H groups in total. The first kappa shape index (κ1) is 22.6. The molecule has 0 spiro atoms. The van der Waals surface area contributed by atoms with Crippen molar-refractivity contribution in [3.63, 3.8) is 0 Å². The number of hydrogen-bond acceptors (Lipinski definition) is 2. The monoisotopic (exact) mass is 424 g/mol. The van der Waals surface area contributed by atoms with Gasteiger partial charge in [-0.1, -0.05) is 31.5 Å². The van der Waals surface area contributed by atoms with Crippen LogP contribution in [0.3, 0.4) is 0 Å². The highest BCUT2D eigenvalue weighted by molar-refractivity contribution is 5.36. The molecule has 1 aromatic rings. The molecule has 1 unspecified atom stereocenters. The minimum absolute atomic E-state index is 0.0729. The molecule has 0 bridgehead atoms. The summed E-state index contributed by atoms with van der Waals surface area (Å²) in [7, 11) is 0. The van der Waals surface area contributed by atoms with Crippen molar-refractivity contribution in [2.45, 2.75) is 61.6 Å². The normalized spacial score (nSPS) is 24.7. The van der Waals surface area contributed by atoms with Crippen LogP contribution in [-0.2, 0) is 0 Å². The third-order valence-electron chi connectivity index (χ3n) is 4.69. The van der Waals surface area contributed by atoms with Crippen LogP contribution >= 0.6 is 0 Å². The summed E-state index contributed by atoms with van der Waals surface area (Å²) >= 11 is 0. The summed E-state index contributed by atoms with van der Waals surface area (Å²) in [5.74, 6) is -26.4. The molecule has 0 aromatic heterocycles. The Bertz CT molecular complexity index is 680. The van der Waals surface area contributed by atoms with Gasteiger partial charge in [-0.15, -0.1) is 0 Å². The maximum Gasteiger partial charge on any atom is 0.381 e. The number of rotatable bonds is 7. The van der Waals surface area contributed by atoms with E-state index in [1.807, 2.05) is 6.92 Å². The number of halogens is 9. The van der Waals surface area contributed by atoms with E-state index < -0.39 is 47.4 Å². The third kappa shape index (κ3) is 2.84. The Labute approximate surface area is 154 Å². The third-order valence-corrected chi connectivity index (χ3v) is 4.69. The van der Waals surface area contributed by atoms with E-state index in [-0.39, 0.29) is 12.4 Å². The largest absolute Gasteiger partial charge is 0.493 e. The van der Waals surface area contributed by atoms with Gasteiger partial charge in [0.05, 0.1) is 12.7 Å². The average molecular weight is 424 g/mol. The second-order valence-corrected chi connectivity index (χ2v) is 6.56. The van der Waals surface area contributed by atoms with E-state index in [1.54, 1.807) is 0 Å². The van der Waals surface area contributed by atoms with Gasteiger partial charge < -0.3 is 9.84 Å². The summed E-state index contributed by atoms with van der Waals surface area (Å²) < 4.78 is 128. The predicted octanol–water partition coefficient (Wildman–Crippen LogP) is 5.55. The van der Waals surface area contributed by atoms with Gasteiger partial charge in [0, 0.05) is 12.0 Å². The molecule has 160 valence electrons. The molecule has 0 saturated heterocycles. The SMILES string of the molecule is CCCCOc1ccccc1C(O)CC1(F)C(F)(F)C(F)(F)C(F)(F)C1(F)F. The van der Waals surface area contributed by atoms with E-state index in [0.29, 0.717) is 12.8 Å². The number of alkyl halides is 9. The Balaban J connectivity index is 2.42. The molecular weight excluding hydrogens is 407 g/mol. The van der Waals surface area contributed by atoms with Crippen molar-refractivity contribution >= 4 is 0 Å². The van der Waals surface area contributed by atoms with Crippen LogP contribution in [0.1, 0.15) is 37.9 Å². The molecule has 28 heavy (non-hydrogen) atoms. The topological polar surface area (TPSA) is 29.5 Å². The second-order valence-electron chi connectivity index (χ2n) is 6.56. The Morgan fingerprint density at radius 1 is 0.857 bits per heavy atom. The van der Waals surface area contributed by atoms with Crippen LogP contribution in [0.5, 0.6) is 5.75 Å². The summed E-state index contributed by atoms with van der Waals surface area (Å²) in [6, 6.07) is 4.78. The van der Waals surface area contributed by atoms with Crippen LogP contribution in [0.2, 0.25) is 0 Å². The Hall–Kier alpha value is -1.65. The second kappa shape index (κ2) is 7.00. The van der Waals surface area contributed by atoms with Gasteiger partial charge in [-0.3, -0.25) is 0 Å². The van der Waals surface area contributed by atoms with Crippen molar-refractivity contribution in [2.75, 3.05) is 6.61 Å². The van der Waals surface area contributed by atoms with Gasteiger partial charge >= 0.3 is 23.7 Å². The summed E-state index contributed by atoms with van der Waals surface area (Å²) in [6.45, 7) is 1.88. The van der Waals surface area contributed by atoms with Crippen LogP contribution in [0.15, 0.2) is 24.3 Å². The Morgan fingerprint density at radius 2 is 1.36 bits per heavy atom. The van der Waals surface area contributed by atoms with Gasteiger partial charge in [-0.25, -0.2) is 4.39 Å². The van der Waals surface area contributed by atoms with Crippen LogP contribution in [0, 0.1) is 0 Å². The lowest BCUT2D eigenvalue weighted by Crippen LogP contribution is -2.55. The van der Waals surface area contributed by atoms with Crippen LogP contribution < -0.4 is 4.74 Å². The Kier molecular flexibility index (Phi) is 5.66. The van der Waals surface area contributed by atoms with E-state index in [4.69, 9.17) is 4.74 Å². The smallest absolute Gasteiger partial charge is 0.381 e. The van der Waals surface area contributed by atoms with Gasteiger partial charge in [-0.05, 0) is 12.5 Å². The fourth-order valence-corrected chi connectivity index (χ4v) is 2.94.